The van der Waals surface area contributed by atoms with E-state index < -0.39 is 21.9 Å². The monoisotopic (exact) mass is 444 g/mol. The molecule has 3 aromatic rings. The fraction of sp³-hybridized carbons (Fsp3) is 0.143. The second kappa shape index (κ2) is 9.21. The van der Waals surface area contributed by atoms with Gasteiger partial charge in [-0.15, -0.1) is 11.3 Å². The van der Waals surface area contributed by atoms with Crippen molar-refractivity contribution >= 4 is 38.2 Å². The molecule has 1 aromatic heterocycles. The Kier molecular flexibility index (Phi) is 6.66. The molecule has 0 fully saturated rings. The molecule has 1 heterocycles. The van der Waals surface area contributed by atoms with Crippen LogP contribution in [0.25, 0.3) is 0 Å². The summed E-state index contributed by atoms with van der Waals surface area (Å²) in [7, 11) is -0.937. The Morgan fingerprint density at radius 3 is 2.33 bits per heavy atom. The van der Waals surface area contributed by atoms with Crippen LogP contribution in [0.2, 0.25) is 0 Å². The van der Waals surface area contributed by atoms with E-state index in [9.17, 15) is 18.0 Å². The third-order valence-corrected chi connectivity index (χ3v) is 7.02. The van der Waals surface area contributed by atoms with Crippen molar-refractivity contribution in [3.63, 3.8) is 0 Å². The van der Waals surface area contributed by atoms with Crippen molar-refractivity contribution < 1.29 is 22.7 Å². The van der Waals surface area contributed by atoms with Crippen molar-refractivity contribution in [2.45, 2.75) is 11.4 Å². The Morgan fingerprint density at radius 2 is 1.70 bits per heavy atom. The molecule has 0 aliphatic carbocycles. The van der Waals surface area contributed by atoms with Crippen LogP contribution in [0.3, 0.4) is 0 Å². The van der Waals surface area contributed by atoms with Crippen LogP contribution in [0, 0.1) is 0 Å². The fourth-order valence-electron chi connectivity index (χ4n) is 2.74. The van der Waals surface area contributed by atoms with E-state index >= 15 is 0 Å². The fourth-order valence-corrected chi connectivity index (χ4v) is 4.66. The molecule has 0 saturated carbocycles. The highest BCUT2D eigenvalue weighted by Crippen LogP contribution is 2.25. The largest absolute Gasteiger partial charge is 0.465 e. The molecular weight excluding hydrogens is 424 g/mol. The molecule has 1 amide bonds. The molecule has 0 spiro atoms. The molecule has 0 saturated heterocycles. The highest BCUT2D eigenvalue weighted by molar-refractivity contribution is 7.89. The maximum absolute atomic E-state index is 12.8. The number of benzene rings is 2. The van der Waals surface area contributed by atoms with E-state index in [0.29, 0.717) is 5.00 Å². The van der Waals surface area contributed by atoms with Crippen molar-refractivity contribution in [3.05, 3.63) is 82.7 Å². The lowest BCUT2D eigenvalue weighted by atomic mass is 10.2. The Balaban J connectivity index is 1.73. The Labute approximate surface area is 179 Å². The molecule has 1 N–H and O–H groups in total. The summed E-state index contributed by atoms with van der Waals surface area (Å²) < 4.78 is 31.5. The van der Waals surface area contributed by atoms with Crippen molar-refractivity contribution in [1.82, 2.24) is 4.31 Å². The quantitative estimate of drug-likeness (QED) is 0.562. The van der Waals surface area contributed by atoms with Gasteiger partial charge in [0.15, 0.2) is 0 Å². The van der Waals surface area contributed by atoms with Gasteiger partial charge in [0, 0.05) is 19.2 Å². The number of esters is 1. The first-order valence-corrected chi connectivity index (χ1v) is 11.2. The summed E-state index contributed by atoms with van der Waals surface area (Å²) in [6.07, 6.45) is 0. The number of nitrogens with zero attached hydrogens (tertiary/aromatic N) is 1. The van der Waals surface area contributed by atoms with Crippen molar-refractivity contribution in [1.29, 1.82) is 0 Å². The SMILES string of the molecule is COC(=O)c1ccsc1NC(=O)c1ccc(S(=O)(=O)N(C)Cc2ccccc2)cc1. The van der Waals surface area contributed by atoms with Gasteiger partial charge in [0.1, 0.15) is 5.00 Å². The normalized spacial score (nSPS) is 11.3. The number of hydrogen-bond acceptors (Lipinski definition) is 6. The number of amides is 1. The molecule has 156 valence electrons. The van der Waals surface area contributed by atoms with E-state index in [1.807, 2.05) is 30.3 Å². The first-order chi connectivity index (χ1) is 14.3. The standard InChI is InChI=1S/C21H20N2O5S2/c1-23(14-15-6-4-3-5-7-15)30(26,27)17-10-8-16(9-11-17)19(24)22-20-18(12-13-29-20)21(25)28-2/h3-13H,14H2,1-2H3,(H,22,24). The number of carbonyl (C=O) groups is 2. The zero-order valence-corrected chi connectivity index (χ0v) is 18.0. The van der Waals surface area contributed by atoms with Crippen LogP contribution < -0.4 is 5.32 Å². The zero-order chi connectivity index (χ0) is 21.7. The van der Waals surface area contributed by atoms with Gasteiger partial charge in [-0.25, -0.2) is 13.2 Å². The molecule has 0 unspecified atom stereocenters. The Morgan fingerprint density at radius 1 is 1.03 bits per heavy atom. The number of thiophene rings is 1. The van der Waals surface area contributed by atoms with Gasteiger partial charge in [-0.05, 0) is 41.3 Å². The van der Waals surface area contributed by atoms with E-state index in [0.717, 1.165) is 5.56 Å². The molecule has 0 aliphatic rings. The van der Waals surface area contributed by atoms with E-state index in [2.05, 4.69) is 10.1 Å². The predicted octanol–water partition coefficient (Wildman–Crippen LogP) is 3.61. The lowest BCUT2D eigenvalue weighted by Gasteiger charge is -2.17. The first kappa shape index (κ1) is 21.7. The van der Waals surface area contributed by atoms with Gasteiger partial charge in [0.05, 0.1) is 17.6 Å². The Hall–Kier alpha value is -3.01. The van der Waals surface area contributed by atoms with E-state index in [1.165, 1.54) is 54.1 Å². The van der Waals surface area contributed by atoms with Crippen LogP contribution in [-0.4, -0.2) is 38.8 Å². The van der Waals surface area contributed by atoms with E-state index in [4.69, 9.17) is 0 Å². The van der Waals surface area contributed by atoms with Gasteiger partial charge in [-0.3, -0.25) is 4.79 Å². The molecule has 0 radical (unpaired) electrons. The summed E-state index contributed by atoms with van der Waals surface area (Å²) in [5, 5.41) is 4.69. The molecule has 9 heteroatoms. The zero-order valence-electron chi connectivity index (χ0n) is 16.4. The average Bonchev–Trinajstić information content (AvgIpc) is 3.22. The number of hydrogen-bond donors (Lipinski definition) is 1. The van der Waals surface area contributed by atoms with Gasteiger partial charge >= 0.3 is 5.97 Å². The van der Waals surface area contributed by atoms with E-state index in [-0.39, 0.29) is 22.6 Å². The van der Waals surface area contributed by atoms with Crippen LogP contribution in [0.1, 0.15) is 26.3 Å². The van der Waals surface area contributed by atoms with Crippen LogP contribution >= 0.6 is 11.3 Å². The average molecular weight is 445 g/mol. The van der Waals surface area contributed by atoms with Gasteiger partial charge in [0.25, 0.3) is 5.91 Å². The summed E-state index contributed by atoms with van der Waals surface area (Å²) >= 11 is 1.19. The minimum atomic E-state index is -3.71. The van der Waals surface area contributed by atoms with Gasteiger partial charge in [-0.2, -0.15) is 4.31 Å². The lowest BCUT2D eigenvalue weighted by Crippen LogP contribution is -2.26. The summed E-state index contributed by atoms with van der Waals surface area (Å²) in [5.74, 6) is -1.00. The third kappa shape index (κ3) is 4.76. The minimum absolute atomic E-state index is 0.0869. The van der Waals surface area contributed by atoms with E-state index in [1.54, 1.807) is 11.4 Å². The minimum Gasteiger partial charge on any atom is -0.465 e. The molecule has 0 bridgehead atoms. The topological polar surface area (TPSA) is 92.8 Å². The molecule has 0 aliphatic heterocycles. The van der Waals surface area contributed by atoms with Crippen LogP contribution in [-0.2, 0) is 21.3 Å². The second-order valence-corrected chi connectivity index (χ2v) is 9.34. The van der Waals surface area contributed by atoms with Gasteiger partial charge in [-0.1, -0.05) is 30.3 Å². The van der Waals surface area contributed by atoms with Crippen molar-refractivity contribution in [2.24, 2.45) is 0 Å². The molecule has 0 atom stereocenters. The summed E-state index contributed by atoms with van der Waals surface area (Å²) in [5.41, 5.74) is 1.40. The van der Waals surface area contributed by atoms with Crippen LogP contribution in [0.15, 0.2) is 70.9 Å². The summed E-state index contributed by atoms with van der Waals surface area (Å²) in [6, 6.07) is 16.5. The predicted molar refractivity (Wildman–Crippen MR) is 115 cm³/mol. The molecule has 30 heavy (non-hydrogen) atoms. The molecule has 7 nitrogen and oxygen atoms in total. The molecular formula is C21H20N2O5S2. The maximum Gasteiger partial charge on any atom is 0.340 e. The summed E-state index contributed by atoms with van der Waals surface area (Å²) in [4.78, 5) is 24.3. The number of rotatable bonds is 7. The highest BCUT2D eigenvalue weighted by atomic mass is 32.2. The number of carbonyl (C=O) groups excluding carboxylic acids is 2. The summed E-state index contributed by atoms with van der Waals surface area (Å²) in [6.45, 7) is 0.236. The van der Waals surface area contributed by atoms with Crippen LogP contribution in [0.5, 0.6) is 0 Å². The van der Waals surface area contributed by atoms with Gasteiger partial charge < -0.3 is 10.1 Å². The van der Waals surface area contributed by atoms with Crippen molar-refractivity contribution in [3.8, 4) is 0 Å². The molecule has 3 rings (SSSR count). The van der Waals surface area contributed by atoms with Crippen molar-refractivity contribution in [2.75, 3.05) is 19.5 Å². The lowest BCUT2D eigenvalue weighted by molar-refractivity contribution is 0.0602. The number of sulfonamides is 1. The number of anilines is 1. The number of methoxy groups -OCH3 is 1. The molecule has 2 aromatic carbocycles. The van der Waals surface area contributed by atoms with Crippen LogP contribution in [0.4, 0.5) is 5.00 Å². The third-order valence-electron chi connectivity index (χ3n) is 4.37. The maximum atomic E-state index is 12.8. The number of nitrogens with one attached hydrogen (secondary N) is 1. The van der Waals surface area contributed by atoms with Gasteiger partial charge in [0.2, 0.25) is 10.0 Å². The highest BCUT2D eigenvalue weighted by Gasteiger charge is 2.22. The second-order valence-electron chi connectivity index (χ2n) is 6.38. The number of ether oxygens (including phenoxy) is 1. The Bertz CT molecular complexity index is 1140. The first-order valence-electron chi connectivity index (χ1n) is 8.90. The smallest absolute Gasteiger partial charge is 0.340 e.